The number of nitrogens with two attached hydrogens (primary N) is 1. The highest BCUT2D eigenvalue weighted by atomic mass is 16.5. The van der Waals surface area contributed by atoms with Gasteiger partial charge in [0.05, 0.1) is 31.7 Å². The van der Waals surface area contributed by atoms with Crippen molar-refractivity contribution in [2.24, 2.45) is 5.73 Å². The Morgan fingerprint density at radius 2 is 1.70 bits per heavy atom. The topological polar surface area (TPSA) is 138 Å². The molecule has 10 nitrogen and oxygen atoms in total. The average molecular weight is 508 g/mol. The summed E-state index contributed by atoms with van der Waals surface area (Å²) >= 11 is 0. The highest BCUT2D eigenvalue weighted by Crippen LogP contribution is 2.21. The van der Waals surface area contributed by atoms with E-state index in [2.05, 4.69) is 15.6 Å². The molecule has 2 atom stereocenters. The molecule has 4 N–H and O–H groups in total. The molecule has 2 amide bonds. The first-order chi connectivity index (χ1) is 17.7. The molecule has 196 valence electrons. The predicted molar refractivity (Wildman–Crippen MR) is 138 cm³/mol. The van der Waals surface area contributed by atoms with Gasteiger partial charge in [0.1, 0.15) is 6.04 Å². The number of hydrogen-bond acceptors (Lipinski definition) is 7. The number of rotatable bonds is 12. The lowest BCUT2D eigenvalue weighted by Gasteiger charge is -2.23. The van der Waals surface area contributed by atoms with Crippen LogP contribution in [0.25, 0.3) is 0 Å². The minimum absolute atomic E-state index is 0.0846. The largest absolute Gasteiger partial charge is 0.464 e. The van der Waals surface area contributed by atoms with Crippen LogP contribution < -0.4 is 16.4 Å². The van der Waals surface area contributed by atoms with Crippen molar-refractivity contribution in [3.05, 3.63) is 84.3 Å². The summed E-state index contributed by atoms with van der Waals surface area (Å²) < 4.78 is 12.5. The van der Waals surface area contributed by atoms with E-state index in [0.717, 1.165) is 5.56 Å². The van der Waals surface area contributed by atoms with Gasteiger partial charge in [-0.25, -0.2) is 9.78 Å². The molecular weight excluding hydrogens is 474 g/mol. The van der Waals surface area contributed by atoms with Crippen molar-refractivity contribution in [3.63, 3.8) is 0 Å². The fraction of sp³-hybridized carbons (Fsp3) is 0.333. The zero-order valence-corrected chi connectivity index (χ0v) is 21.2. The SMILES string of the molecule is CCOC(=O)C(c1ccccc1)n1cnc(NC(=O)[C@@H](COCc2ccccc2)NC(=O)C(C)(C)N)c1. The molecule has 0 fully saturated rings. The summed E-state index contributed by atoms with van der Waals surface area (Å²) in [6.07, 6.45) is 2.97. The molecule has 0 saturated carbocycles. The van der Waals surface area contributed by atoms with Crippen LogP contribution in [0.2, 0.25) is 0 Å². The number of hydrogen-bond donors (Lipinski definition) is 3. The zero-order chi connectivity index (χ0) is 26.8. The molecule has 10 heteroatoms. The maximum Gasteiger partial charge on any atom is 0.333 e. The van der Waals surface area contributed by atoms with Gasteiger partial charge in [0.2, 0.25) is 5.91 Å². The minimum Gasteiger partial charge on any atom is -0.464 e. The summed E-state index contributed by atoms with van der Waals surface area (Å²) in [4.78, 5) is 42.6. The van der Waals surface area contributed by atoms with Crippen LogP contribution >= 0.6 is 0 Å². The number of anilines is 1. The van der Waals surface area contributed by atoms with Gasteiger partial charge in [0.15, 0.2) is 11.9 Å². The lowest BCUT2D eigenvalue weighted by Crippen LogP contribution is -2.56. The summed E-state index contributed by atoms with van der Waals surface area (Å²) in [5.74, 6) is -1.30. The normalized spacial score (nSPS) is 12.9. The van der Waals surface area contributed by atoms with Crippen molar-refractivity contribution in [3.8, 4) is 0 Å². The maximum atomic E-state index is 13.1. The van der Waals surface area contributed by atoms with Gasteiger partial charge in [-0.1, -0.05) is 60.7 Å². The van der Waals surface area contributed by atoms with Crippen molar-refractivity contribution >= 4 is 23.6 Å². The van der Waals surface area contributed by atoms with E-state index < -0.39 is 35.4 Å². The van der Waals surface area contributed by atoms with Crippen LogP contribution in [0.4, 0.5) is 5.82 Å². The van der Waals surface area contributed by atoms with E-state index >= 15 is 0 Å². The Bertz CT molecular complexity index is 1170. The lowest BCUT2D eigenvalue weighted by molar-refractivity contribution is -0.145. The van der Waals surface area contributed by atoms with Crippen LogP contribution in [0.15, 0.2) is 73.2 Å². The van der Waals surface area contributed by atoms with E-state index in [9.17, 15) is 14.4 Å². The molecule has 0 saturated heterocycles. The summed E-state index contributed by atoms with van der Waals surface area (Å²) in [6, 6.07) is 16.8. The van der Waals surface area contributed by atoms with E-state index in [4.69, 9.17) is 15.2 Å². The molecule has 1 aromatic heterocycles. The molecule has 1 heterocycles. The minimum atomic E-state index is -1.19. The Morgan fingerprint density at radius 3 is 2.32 bits per heavy atom. The first-order valence-electron chi connectivity index (χ1n) is 12.0. The first-order valence-corrected chi connectivity index (χ1v) is 12.0. The van der Waals surface area contributed by atoms with Gasteiger partial charge in [0.25, 0.3) is 5.91 Å². The number of carbonyl (C=O) groups is 3. The van der Waals surface area contributed by atoms with Gasteiger partial charge >= 0.3 is 5.97 Å². The van der Waals surface area contributed by atoms with Crippen molar-refractivity contribution in [1.29, 1.82) is 0 Å². The van der Waals surface area contributed by atoms with Gasteiger partial charge in [-0.05, 0) is 31.9 Å². The number of benzene rings is 2. The molecule has 2 aromatic carbocycles. The van der Waals surface area contributed by atoms with Crippen LogP contribution in [0.1, 0.15) is 37.9 Å². The Morgan fingerprint density at radius 1 is 1.05 bits per heavy atom. The Labute approximate surface area is 216 Å². The number of nitrogens with one attached hydrogen (secondary N) is 2. The number of aromatic nitrogens is 2. The van der Waals surface area contributed by atoms with E-state index in [-0.39, 0.29) is 25.6 Å². The van der Waals surface area contributed by atoms with Gasteiger partial charge < -0.3 is 30.4 Å². The third kappa shape index (κ3) is 7.99. The summed E-state index contributed by atoms with van der Waals surface area (Å²) in [7, 11) is 0. The Balaban J connectivity index is 1.74. The molecule has 1 unspecified atom stereocenters. The highest BCUT2D eigenvalue weighted by Gasteiger charge is 2.29. The molecule has 3 aromatic rings. The van der Waals surface area contributed by atoms with Crippen LogP contribution in [0.3, 0.4) is 0 Å². The van der Waals surface area contributed by atoms with Crippen LogP contribution in [0.5, 0.6) is 0 Å². The fourth-order valence-electron chi connectivity index (χ4n) is 3.44. The molecule has 0 spiro atoms. The van der Waals surface area contributed by atoms with Gasteiger partial charge in [0, 0.05) is 6.20 Å². The van der Waals surface area contributed by atoms with Crippen molar-refractivity contribution in [2.75, 3.05) is 18.5 Å². The molecule has 0 aliphatic rings. The van der Waals surface area contributed by atoms with Gasteiger partial charge in [-0.2, -0.15) is 0 Å². The Hall–Kier alpha value is -4.02. The fourth-order valence-corrected chi connectivity index (χ4v) is 3.44. The van der Waals surface area contributed by atoms with E-state index in [1.54, 1.807) is 25.3 Å². The number of carbonyl (C=O) groups excluding carboxylic acids is 3. The first kappa shape index (κ1) is 27.6. The standard InChI is InChI=1S/C27H33N5O5/c1-4-37-25(34)23(20-13-9-6-10-14-20)32-15-22(29-18-32)31-24(33)21(30-26(35)27(2,3)28)17-36-16-19-11-7-5-8-12-19/h5-15,18,21,23H,4,16-17,28H2,1-3H3,(H,30,35)(H,31,33)/t21-,23?/m1/s1. The number of imidazole rings is 1. The molecule has 0 aliphatic carbocycles. The third-order valence-corrected chi connectivity index (χ3v) is 5.38. The molecule has 0 aliphatic heterocycles. The number of amides is 2. The third-order valence-electron chi connectivity index (χ3n) is 5.38. The molecular formula is C27H33N5O5. The van der Waals surface area contributed by atoms with Gasteiger partial charge in [-0.3, -0.25) is 9.59 Å². The second-order valence-electron chi connectivity index (χ2n) is 9.01. The zero-order valence-electron chi connectivity index (χ0n) is 21.2. The monoisotopic (exact) mass is 507 g/mol. The van der Waals surface area contributed by atoms with Crippen LogP contribution in [-0.4, -0.2) is 52.1 Å². The summed E-state index contributed by atoms with van der Waals surface area (Å²) in [5, 5.41) is 5.33. The van der Waals surface area contributed by atoms with Crippen molar-refractivity contribution in [2.45, 2.75) is 45.0 Å². The second kappa shape index (κ2) is 12.8. The highest BCUT2D eigenvalue weighted by molar-refractivity contribution is 5.98. The number of esters is 1. The van der Waals surface area contributed by atoms with Gasteiger partial charge in [-0.15, -0.1) is 0 Å². The molecule has 0 bridgehead atoms. The molecule has 3 rings (SSSR count). The molecule has 37 heavy (non-hydrogen) atoms. The van der Waals surface area contributed by atoms with Crippen molar-refractivity contribution < 1.29 is 23.9 Å². The predicted octanol–water partition coefficient (Wildman–Crippen LogP) is 2.41. The maximum absolute atomic E-state index is 13.1. The smallest absolute Gasteiger partial charge is 0.333 e. The van der Waals surface area contributed by atoms with E-state index in [0.29, 0.717) is 5.56 Å². The number of ether oxygens (including phenoxy) is 2. The summed E-state index contributed by atoms with van der Waals surface area (Å²) in [6.45, 7) is 5.22. The second-order valence-corrected chi connectivity index (χ2v) is 9.01. The van der Waals surface area contributed by atoms with Crippen molar-refractivity contribution in [1.82, 2.24) is 14.9 Å². The van der Waals surface area contributed by atoms with E-state index in [1.807, 2.05) is 60.7 Å². The average Bonchev–Trinajstić information content (AvgIpc) is 3.32. The summed E-state index contributed by atoms with van der Waals surface area (Å²) in [5.41, 5.74) is 6.34. The number of nitrogens with zero attached hydrogens (tertiary/aromatic N) is 2. The quantitative estimate of drug-likeness (QED) is 0.320. The van der Waals surface area contributed by atoms with E-state index in [1.165, 1.54) is 12.5 Å². The Kier molecular flexibility index (Phi) is 9.53. The van der Waals surface area contributed by atoms with Crippen LogP contribution in [-0.2, 0) is 30.5 Å². The molecule has 0 radical (unpaired) electrons. The van der Waals surface area contributed by atoms with Crippen LogP contribution in [0, 0.1) is 0 Å². The lowest BCUT2D eigenvalue weighted by atomic mass is 10.1.